The standard InChI is InChI=1S/C22H29N5O2/c28-22(21(18-4-3-8-23-16-18)27-12-14-29-15-13-27)25-19-6-10-26(11-7-19)17-20-5-1-2-9-24-20/h1-5,8-9,16,19,21H,6-7,10-15,17H2,(H,25,28)/t21-/m0/s1. The summed E-state index contributed by atoms with van der Waals surface area (Å²) in [5.74, 6) is 0.0723. The number of nitrogens with one attached hydrogen (secondary N) is 1. The zero-order valence-electron chi connectivity index (χ0n) is 16.7. The third kappa shape index (κ3) is 5.38. The quantitative estimate of drug-likeness (QED) is 0.802. The van der Waals surface area contributed by atoms with Crippen LogP contribution in [0.5, 0.6) is 0 Å². The lowest BCUT2D eigenvalue weighted by molar-refractivity contribution is -0.129. The fraction of sp³-hybridized carbons (Fsp3) is 0.500. The lowest BCUT2D eigenvalue weighted by Gasteiger charge is -2.36. The summed E-state index contributed by atoms with van der Waals surface area (Å²) in [7, 11) is 0. The molecule has 1 amide bonds. The Morgan fingerprint density at radius 1 is 1.10 bits per heavy atom. The van der Waals surface area contributed by atoms with E-state index in [1.807, 2.05) is 30.5 Å². The first-order valence-corrected chi connectivity index (χ1v) is 10.4. The van der Waals surface area contributed by atoms with E-state index in [2.05, 4.69) is 31.2 Å². The molecule has 0 aliphatic carbocycles. The molecule has 154 valence electrons. The molecule has 2 aliphatic heterocycles. The van der Waals surface area contributed by atoms with Crippen LogP contribution in [0, 0.1) is 0 Å². The summed E-state index contributed by atoms with van der Waals surface area (Å²) in [6.45, 7) is 5.65. The maximum absolute atomic E-state index is 13.2. The van der Waals surface area contributed by atoms with Crippen LogP contribution in [0.25, 0.3) is 0 Å². The Morgan fingerprint density at radius 2 is 1.93 bits per heavy atom. The highest BCUT2D eigenvalue weighted by molar-refractivity contribution is 5.83. The topological polar surface area (TPSA) is 70.6 Å². The van der Waals surface area contributed by atoms with Crippen molar-refractivity contribution in [1.82, 2.24) is 25.1 Å². The van der Waals surface area contributed by atoms with Gasteiger partial charge in [-0.05, 0) is 36.6 Å². The van der Waals surface area contributed by atoms with Crippen molar-refractivity contribution in [1.29, 1.82) is 0 Å². The Hall–Kier alpha value is -2.35. The zero-order valence-corrected chi connectivity index (χ0v) is 16.7. The Bertz CT molecular complexity index is 759. The highest BCUT2D eigenvalue weighted by Gasteiger charge is 2.31. The molecule has 1 atom stereocenters. The van der Waals surface area contributed by atoms with Gasteiger partial charge in [0, 0.05) is 57.4 Å². The van der Waals surface area contributed by atoms with E-state index in [4.69, 9.17) is 4.74 Å². The first-order chi connectivity index (χ1) is 14.3. The minimum absolute atomic E-state index is 0.0723. The van der Waals surface area contributed by atoms with E-state index in [0.717, 1.165) is 56.8 Å². The molecule has 4 heterocycles. The summed E-state index contributed by atoms with van der Waals surface area (Å²) in [6.07, 6.45) is 7.31. The van der Waals surface area contributed by atoms with Gasteiger partial charge in [0.25, 0.3) is 0 Å². The second kappa shape index (κ2) is 9.91. The van der Waals surface area contributed by atoms with Gasteiger partial charge in [0.2, 0.25) is 5.91 Å². The molecule has 7 heteroatoms. The smallest absolute Gasteiger partial charge is 0.242 e. The molecule has 2 aromatic heterocycles. The van der Waals surface area contributed by atoms with Crippen LogP contribution in [-0.2, 0) is 16.1 Å². The van der Waals surface area contributed by atoms with Crippen LogP contribution in [-0.4, -0.2) is 71.1 Å². The first-order valence-electron chi connectivity index (χ1n) is 10.4. The highest BCUT2D eigenvalue weighted by atomic mass is 16.5. The normalized spacial score (nSPS) is 20.3. The third-order valence-corrected chi connectivity index (χ3v) is 5.71. The summed E-state index contributed by atoms with van der Waals surface area (Å²) in [6, 6.07) is 9.82. The van der Waals surface area contributed by atoms with Crippen LogP contribution in [0.15, 0.2) is 48.9 Å². The fourth-order valence-corrected chi connectivity index (χ4v) is 4.14. The van der Waals surface area contributed by atoms with Gasteiger partial charge in [0.1, 0.15) is 6.04 Å². The number of hydrogen-bond donors (Lipinski definition) is 1. The number of likely N-dealkylation sites (tertiary alicyclic amines) is 1. The molecular formula is C22H29N5O2. The minimum atomic E-state index is -0.306. The number of carbonyl (C=O) groups is 1. The Morgan fingerprint density at radius 3 is 2.62 bits per heavy atom. The molecule has 0 radical (unpaired) electrons. The molecule has 0 aromatic carbocycles. The highest BCUT2D eigenvalue weighted by Crippen LogP contribution is 2.23. The van der Waals surface area contributed by atoms with E-state index < -0.39 is 0 Å². The van der Waals surface area contributed by atoms with Crippen LogP contribution >= 0.6 is 0 Å². The largest absolute Gasteiger partial charge is 0.379 e. The van der Waals surface area contributed by atoms with Gasteiger partial charge in [-0.25, -0.2) is 0 Å². The summed E-state index contributed by atoms with van der Waals surface area (Å²) in [4.78, 5) is 26.5. The number of morpholine rings is 1. The summed E-state index contributed by atoms with van der Waals surface area (Å²) < 4.78 is 5.48. The van der Waals surface area contributed by atoms with Crippen molar-refractivity contribution >= 4 is 5.91 Å². The molecule has 4 rings (SSSR count). The lowest BCUT2D eigenvalue weighted by atomic mass is 10.0. The Balaban J connectivity index is 1.34. The van der Waals surface area contributed by atoms with E-state index in [-0.39, 0.29) is 18.0 Å². The predicted octanol–water partition coefficient (Wildman–Crippen LogP) is 1.63. The van der Waals surface area contributed by atoms with Gasteiger partial charge in [-0.3, -0.25) is 24.6 Å². The van der Waals surface area contributed by atoms with Crippen molar-refractivity contribution in [2.45, 2.75) is 31.5 Å². The monoisotopic (exact) mass is 395 g/mol. The number of piperidine rings is 1. The molecule has 2 aliphatic rings. The summed E-state index contributed by atoms with van der Waals surface area (Å²) >= 11 is 0. The second-order valence-electron chi connectivity index (χ2n) is 7.72. The van der Waals surface area contributed by atoms with Crippen molar-refractivity contribution in [2.24, 2.45) is 0 Å². The molecule has 2 aromatic rings. The molecule has 0 bridgehead atoms. The van der Waals surface area contributed by atoms with E-state index in [9.17, 15) is 4.79 Å². The predicted molar refractivity (Wildman–Crippen MR) is 110 cm³/mol. The third-order valence-electron chi connectivity index (χ3n) is 5.71. The van der Waals surface area contributed by atoms with E-state index in [1.165, 1.54) is 0 Å². The van der Waals surface area contributed by atoms with Crippen molar-refractivity contribution in [3.05, 3.63) is 60.2 Å². The van der Waals surface area contributed by atoms with Crippen LogP contribution in [0.3, 0.4) is 0 Å². The number of hydrogen-bond acceptors (Lipinski definition) is 6. The molecule has 7 nitrogen and oxygen atoms in total. The first kappa shape index (κ1) is 19.9. The van der Waals surface area contributed by atoms with Crippen molar-refractivity contribution in [3.8, 4) is 0 Å². The molecule has 1 N–H and O–H groups in total. The molecule has 0 saturated carbocycles. The number of nitrogens with zero attached hydrogens (tertiary/aromatic N) is 4. The van der Waals surface area contributed by atoms with E-state index in [0.29, 0.717) is 13.2 Å². The number of pyridine rings is 2. The number of ether oxygens (including phenoxy) is 1. The molecule has 29 heavy (non-hydrogen) atoms. The molecule has 2 saturated heterocycles. The summed E-state index contributed by atoms with van der Waals surface area (Å²) in [5, 5.41) is 3.31. The molecule has 2 fully saturated rings. The average Bonchev–Trinajstić information content (AvgIpc) is 2.78. The maximum atomic E-state index is 13.2. The maximum Gasteiger partial charge on any atom is 0.242 e. The van der Waals surface area contributed by atoms with Gasteiger partial charge >= 0.3 is 0 Å². The summed E-state index contributed by atoms with van der Waals surface area (Å²) in [5.41, 5.74) is 2.04. The molecule has 0 spiro atoms. The van der Waals surface area contributed by atoms with Gasteiger partial charge in [0.05, 0.1) is 18.9 Å². The lowest BCUT2D eigenvalue weighted by Crippen LogP contribution is -2.50. The van der Waals surface area contributed by atoms with Gasteiger partial charge in [0.15, 0.2) is 0 Å². The van der Waals surface area contributed by atoms with Crippen molar-refractivity contribution in [2.75, 3.05) is 39.4 Å². The Kier molecular flexibility index (Phi) is 6.82. The van der Waals surface area contributed by atoms with Gasteiger partial charge in [-0.1, -0.05) is 12.1 Å². The van der Waals surface area contributed by atoms with Crippen molar-refractivity contribution in [3.63, 3.8) is 0 Å². The average molecular weight is 396 g/mol. The SMILES string of the molecule is O=C(NC1CCN(Cc2ccccn2)CC1)[C@H](c1cccnc1)N1CCOCC1. The van der Waals surface area contributed by atoms with E-state index in [1.54, 1.807) is 12.4 Å². The van der Waals surface area contributed by atoms with Gasteiger partial charge < -0.3 is 10.1 Å². The number of amides is 1. The molecular weight excluding hydrogens is 366 g/mol. The van der Waals surface area contributed by atoms with Gasteiger partial charge in [-0.2, -0.15) is 0 Å². The Labute approximate surface area is 172 Å². The van der Waals surface area contributed by atoms with Crippen LogP contribution in [0.1, 0.15) is 30.1 Å². The van der Waals surface area contributed by atoms with E-state index >= 15 is 0 Å². The number of aromatic nitrogens is 2. The van der Waals surface area contributed by atoms with Gasteiger partial charge in [-0.15, -0.1) is 0 Å². The van der Waals surface area contributed by atoms with Crippen LogP contribution in [0.2, 0.25) is 0 Å². The number of carbonyl (C=O) groups excluding carboxylic acids is 1. The number of rotatable bonds is 6. The molecule has 0 unspecified atom stereocenters. The minimum Gasteiger partial charge on any atom is -0.379 e. The fourth-order valence-electron chi connectivity index (χ4n) is 4.14. The second-order valence-corrected chi connectivity index (χ2v) is 7.72. The van der Waals surface area contributed by atoms with Crippen LogP contribution < -0.4 is 5.32 Å². The van der Waals surface area contributed by atoms with Crippen LogP contribution in [0.4, 0.5) is 0 Å². The zero-order chi connectivity index (χ0) is 19.9. The van der Waals surface area contributed by atoms with Crippen molar-refractivity contribution < 1.29 is 9.53 Å².